The van der Waals surface area contributed by atoms with E-state index in [2.05, 4.69) is 63.4 Å². The molecule has 4 heteroatoms. The van der Waals surface area contributed by atoms with Crippen molar-refractivity contribution in [2.75, 3.05) is 19.0 Å². The summed E-state index contributed by atoms with van der Waals surface area (Å²) in [5.74, 6) is 0. The number of hydrogen-bond donors (Lipinski definition) is 0. The molecule has 3 aromatic rings. The molecule has 0 amide bonds. The van der Waals surface area contributed by atoms with E-state index >= 15 is 0 Å². The van der Waals surface area contributed by atoms with E-state index in [-0.39, 0.29) is 0 Å². The Morgan fingerprint density at radius 2 is 1.62 bits per heavy atom. The van der Waals surface area contributed by atoms with Gasteiger partial charge in [0.2, 0.25) is 0 Å². The number of nitrogens with zero attached hydrogens (tertiary/aromatic N) is 2. The summed E-state index contributed by atoms with van der Waals surface area (Å²) in [4.78, 5) is 2.09. The predicted octanol–water partition coefficient (Wildman–Crippen LogP) is 5.00. The quantitative estimate of drug-likeness (QED) is 0.629. The Balaban J connectivity index is 2.11. The maximum atomic E-state index is 5.51. The molecule has 0 aliphatic heterocycles. The summed E-state index contributed by atoms with van der Waals surface area (Å²) in [5, 5.41) is 2.12. The first-order valence-corrected chi connectivity index (χ1v) is 7.99. The van der Waals surface area contributed by atoms with Gasteiger partial charge < -0.3 is 4.90 Å². The van der Waals surface area contributed by atoms with Crippen LogP contribution in [0.15, 0.2) is 60.0 Å². The van der Waals surface area contributed by atoms with Crippen LogP contribution in [0, 0.1) is 3.95 Å². The average molecular weight is 312 g/mol. The molecule has 0 spiro atoms. The maximum absolute atomic E-state index is 5.51. The zero-order valence-electron chi connectivity index (χ0n) is 12.0. The van der Waals surface area contributed by atoms with Crippen molar-refractivity contribution in [1.29, 1.82) is 0 Å². The molecular weight excluding hydrogens is 296 g/mol. The van der Waals surface area contributed by atoms with Gasteiger partial charge in [0.25, 0.3) is 0 Å². The summed E-state index contributed by atoms with van der Waals surface area (Å²) in [7, 11) is 4.08. The number of benzene rings is 2. The van der Waals surface area contributed by atoms with Crippen LogP contribution < -0.4 is 4.90 Å². The first kappa shape index (κ1) is 14.0. The van der Waals surface area contributed by atoms with Crippen molar-refractivity contribution < 1.29 is 0 Å². The van der Waals surface area contributed by atoms with Crippen LogP contribution >= 0.6 is 23.6 Å². The highest BCUT2D eigenvalue weighted by Crippen LogP contribution is 2.28. The largest absolute Gasteiger partial charge is 0.378 e. The molecule has 0 aliphatic rings. The van der Waals surface area contributed by atoms with E-state index in [1.54, 1.807) is 11.3 Å². The Morgan fingerprint density at radius 3 is 2.24 bits per heavy atom. The zero-order chi connectivity index (χ0) is 14.8. The fourth-order valence-corrected chi connectivity index (χ4v) is 3.37. The third-order valence-corrected chi connectivity index (χ3v) is 4.59. The first-order valence-electron chi connectivity index (χ1n) is 6.70. The normalized spacial score (nSPS) is 10.6. The second-order valence-corrected chi connectivity index (χ2v) is 6.50. The minimum absolute atomic E-state index is 0.867. The lowest BCUT2D eigenvalue weighted by Crippen LogP contribution is -2.08. The van der Waals surface area contributed by atoms with Crippen molar-refractivity contribution in [3.63, 3.8) is 0 Å². The topological polar surface area (TPSA) is 8.17 Å². The highest BCUT2D eigenvalue weighted by Gasteiger charge is 2.09. The second-order valence-electron chi connectivity index (χ2n) is 5.00. The van der Waals surface area contributed by atoms with Gasteiger partial charge >= 0.3 is 0 Å². The fourth-order valence-electron chi connectivity index (χ4n) is 2.26. The average Bonchev–Trinajstić information content (AvgIpc) is 2.90. The number of rotatable bonds is 3. The van der Waals surface area contributed by atoms with Gasteiger partial charge in [-0.05, 0) is 42.0 Å². The van der Waals surface area contributed by atoms with Crippen LogP contribution in [0.5, 0.6) is 0 Å². The van der Waals surface area contributed by atoms with E-state index < -0.39 is 0 Å². The summed E-state index contributed by atoms with van der Waals surface area (Å²) >= 11 is 7.11. The molecular formula is C17H16N2S2. The maximum Gasteiger partial charge on any atom is 0.166 e. The van der Waals surface area contributed by atoms with E-state index in [0.29, 0.717) is 0 Å². The van der Waals surface area contributed by atoms with Crippen molar-refractivity contribution in [3.8, 4) is 16.9 Å². The summed E-state index contributed by atoms with van der Waals surface area (Å²) in [6.45, 7) is 0. The van der Waals surface area contributed by atoms with Gasteiger partial charge in [0.15, 0.2) is 3.95 Å². The smallest absolute Gasteiger partial charge is 0.166 e. The molecule has 0 fully saturated rings. The monoisotopic (exact) mass is 312 g/mol. The van der Waals surface area contributed by atoms with Crippen molar-refractivity contribution >= 4 is 29.2 Å². The lowest BCUT2D eigenvalue weighted by atomic mass is 10.1. The van der Waals surface area contributed by atoms with Crippen LogP contribution in [0.4, 0.5) is 5.69 Å². The van der Waals surface area contributed by atoms with Gasteiger partial charge in [-0.3, -0.25) is 4.57 Å². The third kappa shape index (κ3) is 2.77. The molecule has 0 N–H and O–H groups in total. The second kappa shape index (κ2) is 5.84. The minimum Gasteiger partial charge on any atom is -0.378 e. The molecule has 21 heavy (non-hydrogen) atoms. The number of aromatic nitrogens is 1. The Bertz CT molecular complexity index is 784. The summed E-state index contributed by atoms with van der Waals surface area (Å²) in [6, 6.07) is 18.8. The van der Waals surface area contributed by atoms with Crippen LogP contribution in [0.2, 0.25) is 0 Å². The van der Waals surface area contributed by atoms with Crippen LogP contribution in [-0.2, 0) is 0 Å². The fraction of sp³-hybridized carbons (Fsp3) is 0.118. The van der Waals surface area contributed by atoms with E-state index in [4.69, 9.17) is 12.2 Å². The summed E-state index contributed by atoms with van der Waals surface area (Å²) in [5.41, 5.74) is 4.61. The zero-order valence-corrected chi connectivity index (χ0v) is 13.6. The van der Waals surface area contributed by atoms with Crippen LogP contribution in [0.3, 0.4) is 0 Å². The van der Waals surface area contributed by atoms with Crippen molar-refractivity contribution in [2.24, 2.45) is 0 Å². The predicted molar refractivity (Wildman–Crippen MR) is 94.2 cm³/mol. The highest BCUT2D eigenvalue weighted by atomic mass is 32.1. The number of hydrogen-bond acceptors (Lipinski definition) is 3. The summed E-state index contributed by atoms with van der Waals surface area (Å²) < 4.78 is 3.00. The molecule has 3 rings (SSSR count). The minimum atomic E-state index is 0.867. The highest BCUT2D eigenvalue weighted by molar-refractivity contribution is 7.73. The lowest BCUT2D eigenvalue weighted by Gasteiger charge is -2.14. The third-order valence-electron chi connectivity index (χ3n) is 3.39. The Hall–Kier alpha value is -1.91. The van der Waals surface area contributed by atoms with Crippen LogP contribution in [0.1, 0.15) is 0 Å². The van der Waals surface area contributed by atoms with Gasteiger partial charge in [0.05, 0.1) is 5.69 Å². The van der Waals surface area contributed by atoms with E-state index in [9.17, 15) is 0 Å². The summed E-state index contributed by atoms with van der Waals surface area (Å²) in [6.07, 6.45) is 0. The van der Waals surface area contributed by atoms with Gasteiger partial charge in [-0.1, -0.05) is 30.3 Å². The van der Waals surface area contributed by atoms with Gasteiger partial charge in [0.1, 0.15) is 0 Å². The van der Waals surface area contributed by atoms with Crippen molar-refractivity contribution in [2.45, 2.75) is 0 Å². The lowest BCUT2D eigenvalue weighted by molar-refractivity contribution is 1.07. The molecule has 0 aliphatic carbocycles. The van der Waals surface area contributed by atoms with E-state index in [1.807, 2.05) is 20.2 Å². The standard InChI is InChI=1S/C17H16N2S2/c1-18(2)14-8-10-15(11-9-14)19-16(12-21-17(19)20)13-6-4-3-5-7-13/h3-12H,1-2H3. The molecule has 0 saturated heterocycles. The van der Waals surface area contributed by atoms with Gasteiger partial charge in [0, 0.05) is 30.9 Å². The molecule has 106 valence electrons. The van der Waals surface area contributed by atoms with Gasteiger partial charge in [-0.25, -0.2) is 0 Å². The van der Waals surface area contributed by atoms with Crippen LogP contribution in [0.25, 0.3) is 16.9 Å². The van der Waals surface area contributed by atoms with E-state index in [0.717, 1.165) is 15.3 Å². The SMILES string of the molecule is CN(C)c1ccc(-n2c(-c3ccccc3)csc2=S)cc1. The van der Waals surface area contributed by atoms with Crippen molar-refractivity contribution in [1.82, 2.24) is 4.57 Å². The Morgan fingerprint density at radius 1 is 0.952 bits per heavy atom. The number of anilines is 1. The molecule has 2 nitrogen and oxygen atoms in total. The molecule has 1 heterocycles. The number of thiazole rings is 1. The van der Waals surface area contributed by atoms with Gasteiger partial charge in [-0.2, -0.15) is 0 Å². The Kier molecular flexibility index (Phi) is 3.90. The molecule has 0 bridgehead atoms. The molecule has 2 aromatic carbocycles. The van der Waals surface area contributed by atoms with Crippen molar-refractivity contribution in [3.05, 3.63) is 63.9 Å². The Labute approximate surface area is 133 Å². The van der Waals surface area contributed by atoms with E-state index in [1.165, 1.54) is 11.3 Å². The molecule has 0 atom stereocenters. The first-order chi connectivity index (χ1) is 10.2. The molecule has 0 unspecified atom stereocenters. The molecule has 1 aromatic heterocycles. The molecule has 0 radical (unpaired) electrons. The molecule has 0 saturated carbocycles. The van der Waals surface area contributed by atoms with Gasteiger partial charge in [-0.15, -0.1) is 11.3 Å². The van der Waals surface area contributed by atoms with Crippen LogP contribution in [-0.4, -0.2) is 18.7 Å².